The molecule has 0 radical (unpaired) electrons. The van der Waals surface area contributed by atoms with Crippen LogP contribution in [0.5, 0.6) is 0 Å². The van der Waals surface area contributed by atoms with E-state index in [-0.39, 0.29) is 22.6 Å². The van der Waals surface area contributed by atoms with E-state index in [2.05, 4.69) is 10.3 Å². The number of rotatable bonds is 6. The Bertz CT molecular complexity index is 753. The van der Waals surface area contributed by atoms with Crippen molar-refractivity contribution in [3.8, 4) is 0 Å². The summed E-state index contributed by atoms with van der Waals surface area (Å²) in [6, 6.07) is 0. The van der Waals surface area contributed by atoms with Crippen molar-refractivity contribution in [1.82, 2.24) is 19.0 Å². The molecule has 2 aromatic rings. The highest BCUT2D eigenvalue weighted by Gasteiger charge is 2.30. The van der Waals surface area contributed by atoms with Gasteiger partial charge in [0.1, 0.15) is 0 Å². The maximum atomic E-state index is 12.5. The van der Waals surface area contributed by atoms with E-state index in [1.54, 1.807) is 11.6 Å². The van der Waals surface area contributed by atoms with Gasteiger partial charge in [-0.3, -0.25) is 9.20 Å². The van der Waals surface area contributed by atoms with Gasteiger partial charge >= 0.3 is 0 Å². The van der Waals surface area contributed by atoms with Gasteiger partial charge in [0.15, 0.2) is 15.1 Å². The van der Waals surface area contributed by atoms with Crippen LogP contribution in [0.25, 0.3) is 4.96 Å². The van der Waals surface area contributed by atoms with Gasteiger partial charge in [-0.2, -0.15) is 4.31 Å². The number of hydrogen-bond acceptors (Lipinski definition) is 5. The van der Waals surface area contributed by atoms with Crippen LogP contribution in [0.15, 0.2) is 16.6 Å². The van der Waals surface area contributed by atoms with E-state index in [4.69, 9.17) is 11.6 Å². The molecule has 2 rings (SSSR count). The highest BCUT2D eigenvalue weighted by molar-refractivity contribution is 7.89. The van der Waals surface area contributed by atoms with Crippen LogP contribution in [0.3, 0.4) is 0 Å². The lowest BCUT2D eigenvalue weighted by atomic mass is 10.4. The average Bonchev–Trinajstić information content (AvgIpc) is 2.95. The number of likely N-dealkylation sites (N-methyl/N-ethyl adjacent to an activating group) is 1. The van der Waals surface area contributed by atoms with Gasteiger partial charge < -0.3 is 5.32 Å². The van der Waals surface area contributed by atoms with Crippen molar-refractivity contribution in [2.45, 2.75) is 18.4 Å². The zero-order chi connectivity index (χ0) is 15.6. The molecule has 0 atom stereocenters. The smallest absolute Gasteiger partial charge is 0.262 e. The van der Waals surface area contributed by atoms with Crippen LogP contribution in [0.2, 0.25) is 5.15 Å². The summed E-state index contributed by atoms with van der Waals surface area (Å²) in [5.74, 6) is -0.356. The van der Waals surface area contributed by atoms with Crippen molar-refractivity contribution in [1.29, 1.82) is 0 Å². The van der Waals surface area contributed by atoms with Crippen molar-refractivity contribution in [2.24, 2.45) is 0 Å². The van der Waals surface area contributed by atoms with Crippen LogP contribution in [-0.4, -0.2) is 48.2 Å². The van der Waals surface area contributed by atoms with Gasteiger partial charge in [-0.1, -0.05) is 18.5 Å². The normalized spacial score (nSPS) is 12.2. The summed E-state index contributed by atoms with van der Waals surface area (Å²) in [6.45, 7) is 2.16. The average molecular weight is 351 g/mol. The number of hydrogen-bond donors (Lipinski definition) is 1. The third kappa shape index (κ3) is 3.20. The molecule has 0 aromatic carbocycles. The van der Waals surface area contributed by atoms with E-state index in [0.717, 1.165) is 10.7 Å². The minimum absolute atomic E-state index is 0.0948. The summed E-state index contributed by atoms with van der Waals surface area (Å²) in [7, 11) is -2.56. The van der Waals surface area contributed by atoms with Crippen LogP contribution < -0.4 is 5.32 Å². The molecule has 0 unspecified atom stereocenters. The molecule has 2 aromatic heterocycles. The second-order valence-electron chi connectivity index (χ2n) is 4.37. The maximum Gasteiger partial charge on any atom is 0.262 e. The first kappa shape index (κ1) is 16.2. The van der Waals surface area contributed by atoms with E-state index in [1.165, 1.54) is 22.8 Å². The lowest BCUT2D eigenvalue weighted by Crippen LogP contribution is -2.38. The Morgan fingerprint density at radius 3 is 2.95 bits per heavy atom. The first-order valence-corrected chi connectivity index (χ1v) is 8.91. The quantitative estimate of drug-likeness (QED) is 0.848. The summed E-state index contributed by atoms with van der Waals surface area (Å²) < 4.78 is 27.5. The van der Waals surface area contributed by atoms with Gasteiger partial charge in [0.2, 0.25) is 5.91 Å². The molecule has 0 saturated heterocycles. The Hall–Kier alpha value is -1.16. The summed E-state index contributed by atoms with van der Waals surface area (Å²) in [5, 5.41) is 4.13. The van der Waals surface area contributed by atoms with Gasteiger partial charge in [-0.05, 0) is 6.42 Å². The molecule has 10 heteroatoms. The van der Waals surface area contributed by atoms with Gasteiger partial charge in [0, 0.05) is 25.2 Å². The number of halogens is 1. The van der Waals surface area contributed by atoms with Crippen LogP contribution in [0.1, 0.15) is 13.3 Å². The van der Waals surface area contributed by atoms with Gasteiger partial charge in [-0.15, -0.1) is 11.3 Å². The van der Waals surface area contributed by atoms with Crippen molar-refractivity contribution >= 4 is 43.8 Å². The van der Waals surface area contributed by atoms with Gasteiger partial charge in [0.05, 0.1) is 6.54 Å². The van der Waals surface area contributed by atoms with Crippen LogP contribution in [0.4, 0.5) is 0 Å². The molecule has 0 aliphatic carbocycles. The first-order valence-electron chi connectivity index (χ1n) is 6.22. The predicted molar refractivity (Wildman–Crippen MR) is 81.2 cm³/mol. The Kier molecular flexibility index (Phi) is 4.87. The SMILES string of the molecule is CCCNC(=O)CN(C)S(=O)(=O)c1c(Cl)nc2sccn12. The predicted octanol–water partition coefficient (Wildman–Crippen LogP) is 1.20. The third-order valence-corrected chi connectivity index (χ3v) is 5.73. The number of nitrogens with one attached hydrogen (secondary N) is 1. The molecular formula is C11H15ClN4O3S2. The molecule has 2 heterocycles. The fraction of sp³-hybridized carbons (Fsp3) is 0.455. The van der Waals surface area contributed by atoms with Crippen LogP contribution in [0, 0.1) is 0 Å². The Morgan fingerprint density at radius 2 is 2.29 bits per heavy atom. The van der Waals surface area contributed by atoms with E-state index < -0.39 is 10.0 Å². The topological polar surface area (TPSA) is 83.8 Å². The summed E-state index contributed by atoms with van der Waals surface area (Å²) >= 11 is 7.21. The van der Waals surface area contributed by atoms with Gasteiger partial charge in [0.25, 0.3) is 10.0 Å². The zero-order valence-electron chi connectivity index (χ0n) is 11.5. The Morgan fingerprint density at radius 1 is 1.57 bits per heavy atom. The summed E-state index contributed by atoms with van der Waals surface area (Å²) in [5.41, 5.74) is 0. The summed E-state index contributed by atoms with van der Waals surface area (Å²) in [4.78, 5) is 16.1. The van der Waals surface area contributed by atoms with Crippen molar-refractivity contribution in [3.63, 3.8) is 0 Å². The number of amides is 1. The number of thiazole rings is 1. The number of imidazole rings is 1. The number of nitrogens with zero attached hydrogens (tertiary/aromatic N) is 3. The number of sulfonamides is 1. The van der Waals surface area contributed by atoms with Crippen LogP contribution in [-0.2, 0) is 14.8 Å². The number of carbonyl (C=O) groups is 1. The lowest BCUT2D eigenvalue weighted by Gasteiger charge is -2.16. The van der Waals surface area contributed by atoms with E-state index in [0.29, 0.717) is 11.5 Å². The standard InChI is InChI=1S/C11H15ClN4O3S2/c1-3-4-13-8(17)7-15(2)21(18,19)10-9(12)14-11-16(10)5-6-20-11/h5-6H,3-4,7H2,1-2H3,(H,13,17). The molecule has 1 N–H and O–H groups in total. The minimum Gasteiger partial charge on any atom is -0.355 e. The molecule has 1 amide bonds. The largest absolute Gasteiger partial charge is 0.355 e. The Balaban J connectivity index is 2.27. The molecule has 0 spiro atoms. The number of fused-ring (bicyclic) bond motifs is 1. The molecule has 0 fully saturated rings. The third-order valence-electron chi connectivity index (χ3n) is 2.77. The molecule has 0 aliphatic heterocycles. The maximum absolute atomic E-state index is 12.5. The van der Waals surface area contributed by atoms with E-state index in [9.17, 15) is 13.2 Å². The summed E-state index contributed by atoms with van der Waals surface area (Å²) in [6.07, 6.45) is 2.36. The fourth-order valence-corrected chi connectivity index (χ4v) is 4.25. The number of aromatic nitrogens is 2. The fourth-order valence-electron chi connectivity index (χ4n) is 1.72. The van der Waals surface area contributed by atoms with Crippen molar-refractivity contribution in [3.05, 3.63) is 16.7 Å². The molecule has 0 bridgehead atoms. The highest BCUT2D eigenvalue weighted by Crippen LogP contribution is 2.27. The molecule has 7 nitrogen and oxygen atoms in total. The van der Waals surface area contributed by atoms with Crippen LogP contribution >= 0.6 is 22.9 Å². The van der Waals surface area contributed by atoms with Crippen molar-refractivity contribution < 1.29 is 13.2 Å². The highest BCUT2D eigenvalue weighted by atomic mass is 35.5. The molecule has 0 saturated carbocycles. The zero-order valence-corrected chi connectivity index (χ0v) is 13.9. The minimum atomic E-state index is -3.90. The molecular weight excluding hydrogens is 336 g/mol. The molecule has 21 heavy (non-hydrogen) atoms. The molecule has 116 valence electrons. The van der Waals surface area contributed by atoms with Gasteiger partial charge in [-0.25, -0.2) is 13.4 Å². The second-order valence-corrected chi connectivity index (χ2v) is 7.57. The Labute approximate surface area is 131 Å². The first-order chi connectivity index (χ1) is 9.87. The monoisotopic (exact) mass is 350 g/mol. The molecule has 0 aliphatic rings. The van der Waals surface area contributed by atoms with E-state index in [1.807, 2.05) is 6.92 Å². The number of carbonyl (C=O) groups excluding carboxylic acids is 1. The lowest BCUT2D eigenvalue weighted by molar-refractivity contribution is -0.121. The van der Waals surface area contributed by atoms with E-state index >= 15 is 0 Å². The van der Waals surface area contributed by atoms with Crippen molar-refractivity contribution in [2.75, 3.05) is 20.1 Å². The second kappa shape index (κ2) is 6.30.